The number of hydrogen-bond acceptors (Lipinski definition) is 7. The van der Waals surface area contributed by atoms with Crippen LogP contribution in [0, 0.1) is 0 Å². The molecule has 0 aromatic heterocycles. The van der Waals surface area contributed by atoms with E-state index in [9.17, 15) is 15.3 Å². The van der Waals surface area contributed by atoms with E-state index in [1.165, 1.54) is 11.8 Å². The zero-order chi connectivity index (χ0) is 16.1. The predicted molar refractivity (Wildman–Crippen MR) is 79.5 cm³/mol. The SMILES string of the molecule is COc1ccc(S[C@H]2O[C@H](CO)[C@@H](O)[C@H](O)[C@@H]2N=[N+]=[N-])cc1. The number of benzene rings is 1. The van der Waals surface area contributed by atoms with E-state index in [0.29, 0.717) is 5.75 Å². The van der Waals surface area contributed by atoms with Gasteiger partial charge in [0, 0.05) is 9.81 Å². The summed E-state index contributed by atoms with van der Waals surface area (Å²) in [5.74, 6) is 0.698. The van der Waals surface area contributed by atoms with Crippen molar-refractivity contribution in [3.8, 4) is 5.75 Å². The molecule has 1 aliphatic heterocycles. The van der Waals surface area contributed by atoms with E-state index in [-0.39, 0.29) is 0 Å². The summed E-state index contributed by atoms with van der Waals surface area (Å²) in [6.45, 7) is -0.444. The number of azide groups is 1. The molecule has 1 heterocycles. The molecule has 0 unspecified atom stereocenters. The average Bonchev–Trinajstić information content (AvgIpc) is 2.55. The van der Waals surface area contributed by atoms with Crippen LogP contribution in [0.5, 0.6) is 5.75 Å². The molecule has 1 fully saturated rings. The molecule has 3 N–H and O–H groups in total. The normalized spacial score (nSPS) is 31.4. The lowest BCUT2D eigenvalue weighted by atomic mass is 9.99. The van der Waals surface area contributed by atoms with Crippen LogP contribution < -0.4 is 4.74 Å². The maximum absolute atomic E-state index is 10.1. The topological polar surface area (TPSA) is 128 Å². The number of rotatable bonds is 5. The van der Waals surface area contributed by atoms with Gasteiger partial charge in [-0.25, -0.2) is 0 Å². The Balaban J connectivity index is 2.18. The maximum atomic E-state index is 10.1. The summed E-state index contributed by atoms with van der Waals surface area (Å²) < 4.78 is 10.6. The fourth-order valence-electron chi connectivity index (χ4n) is 2.14. The summed E-state index contributed by atoms with van der Waals surface area (Å²) >= 11 is 1.23. The molecule has 8 nitrogen and oxygen atoms in total. The fraction of sp³-hybridized carbons (Fsp3) is 0.538. The van der Waals surface area contributed by atoms with Crippen LogP contribution in [0.4, 0.5) is 0 Å². The van der Waals surface area contributed by atoms with Gasteiger partial charge in [-0.1, -0.05) is 16.9 Å². The molecule has 1 aromatic carbocycles. The van der Waals surface area contributed by atoms with E-state index in [0.717, 1.165) is 4.90 Å². The Bertz CT molecular complexity index is 537. The summed E-state index contributed by atoms with van der Waals surface area (Å²) in [7, 11) is 1.56. The Kier molecular flexibility index (Phi) is 5.90. The van der Waals surface area contributed by atoms with Crippen LogP contribution in [-0.4, -0.2) is 58.8 Å². The average molecular weight is 327 g/mol. The van der Waals surface area contributed by atoms with E-state index in [1.807, 2.05) is 0 Å². The standard InChI is InChI=1S/C13H17N3O5S/c1-20-7-2-4-8(5-3-7)22-13-10(15-16-14)12(19)11(18)9(6-17)21-13/h2-5,9-13,17-19H,6H2,1H3/t9-,10+,11-,12-,13-/m1/s1. The third-order valence-electron chi connectivity index (χ3n) is 3.35. The zero-order valence-electron chi connectivity index (χ0n) is 11.8. The van der Waals surface area contributed by atoms with Crippen LogP contribution in [-0.2, 0) is 4.74 Å². The number of nitrogens with zero attached hydrogens (tertiary/aromatic N) is 3. The predicted octanol–water partition coefficient (Wildman–Crippen LogP) is 0.905. The van der Waals surface area contributed by atoms with Gasteiger partial charge in [0.05, 0.1) is 19.8 Å². The highest BCUT2D eigenvalue weighted by Gasteiger charge is 2.44. The third-order valence-corrected chi connectivity index (χ3v) is 4.51. The van der Waals surface area contributed by atoms with Gasteiger partial charge in [0.2, 0.25) is 0 Å². The lowest BCUT2D eigenvalue weighted by Gasteiger charge is -2.40. The van der Waals surface area contributed by atoms with Crippen molar-refractivity contribution in [2.75, 3.05) is 13.7 Å². The van der Waals surface area contributed by atoms with Gasteiger partial charge in [-0.15, -0.1) is 0 Å². The molecule has 1 aliphatic rings. The van der Waals surface area contributed by atoms with Gasteiger partial charge >= 0.3 is 0 Å². The van der Waals surface area contributed by atoms with Gasteiger partial charge in [0.15, 0.2) is 0 Å². The number of methoxy groups -OCH3 is 1. The minimum atomic E-state index is -1.31. The monoisotopic (exact) mass is 327 g/mol. The summed E-state index contributed by atoms with van der Waals surface area (Å²) in [6, 6.07) is 6.16. The second kappa shape index (κ2) is 7.68. The van der Waals surface area contributed by atoms with Crippen molar-refractivity contribution < 1.29 is 24.8 Å². The van der Waals surface area contributed by atoms with Crippen molar-refractivity contribution in [1.82, 2.24) is 0 Å². The van der Waals surface area contributed by atoms with E-state index < -0.39 is 36.4 Å². The molecule has 1 aromatic rings. The van der Waals surface area contributed by atoms with Crippen molar-refractivity contribution in [3.63, 3.8) is 0 Å². The van der Waals surface area contributed by atoms with Gasteiger partial charge < -0.3 is 24.8 Å². The smallest absolute Gasteiger partial charge is 0.119 e. The largest absolute Gasteiger partial charge is 0.497 e. The van der Waals surface area contributed by atoms with Crippen LogP contribution in [0.2, 0.25) is 0 Å². The van der Waals surface area contributed by atoms with Crippen molar-refractivity contribution in [1.29, 1.82) is 0 Å². The molecule has 0 saturated carbocycles. The number of aliphatic hydroxyl groups excluding tert-OH is 3. The van der Waals surface area contributed by atoms with Gasteiger partial charge in [-0.3, -0.25) is 0 Å². The Labute approximate surface area is 131 Å². The highest BCUT2D eigenvalue weighted by molar-refractivity contribution is 7.99. The Morgan fingerprint density at radius 2 is 2.00 bits per heavy atom. The second-order valence-electron chi connectivity index (χ2n) is 4.70. The molecule has 0 spiro atoms. The first-order valence-electron chi connectivity index (χ1n) is 6.58. The molecule has 0 bridgehead atoms. The minimum absolute atomic E-state index is 0.444. The first-order valence-corrected chi connectivity index (χ1v) is 7.46. The Morgan fingerprint density at radius 3 is 2.55 bits per heavy atom. The van der Waals surface area contributed by atoms with Crippen LogP contribution in [0.15, 0.2) is 34.3 Å². The quantitative estimate of drug-likeness (QED) is 0.419. The first-order chi connectivity index (χ1) is 10.6. The maximum Gasteiger partial charge on any atom is 0.119 e. The molecule has 0 aliphatic carbocycles. The van der Waals surface area contributed by atoms with Gasteiger partial charge in [-0.05, 0) is 29.8 Å². The Hall–Kier alpha value is -1.48. The minimum Gasteiger partial charge on any atom is -0.497 e. The Morgan fingerprint density at radius 1 is 1.32 bits per heavy atom. The third kappa shape index (κ3) is 3.64. The van der Waals surface area contributed by atoms with E-state index in [2.05, 4.69) is 10.0 Å². The fourth-order valence-corrected chi connectivity index (χ4v) is 3.25. The lowest BCUT2D eigenvalue weighted by molar-refractivity contribution is -0.165. The highest BCUT2D eigenvalue weighted by atomic mass is 32.2. The van der Waals surface area contributed by atoms with Gasteiger partial charge in [0.25, 0.3) is 0 Å². The summed E-state index contributed by atoms with van der Waals surface area (Å²) in [5.41, 5.74) is 7.91. The molecule has 9 heteroatoms. The van der Waals surface area contributed by atoms with Crippen LogP contribution in [0.1, 0.15) is 0 Å². The van der Waals surface area contributed by atoms with E-state index in [4.69, 9.17) is 15.0 Å². The highest BCUT2D eigenvalue weighted by Crippen LogP contribution is 2.35. The summed E-state index contributed by atoms with van der Waals surface area (Å²) in [4.78, 5) is 3.50. The number of aliphatic hydroxyl groups is 3. The molecule has 5 atom stereocenters. The van der Waals surface area contributed by atoms with Gasteiger partial charge in [0.1, 0.15) is 29.4 Å². The summed E-state index contributed by atoms with van der Waals surface area (Å²) in [5, 5.41) is 32.6. The zero-order valence-corrected chi connectivity index (χ0v) is 12.6. The molecular formula is C13H17N3O5S. The second-order valence-corrected chi connectivity index (χ2v) is 5.87. The first kappa shape index (κ1) is 16.9. The summed E-state index contributed by atoms with van der Waals surface area (Å²) in [6.07, 6.45) is -3.55. The van der Waals surface area contributed by atoms with Crippen LogP contribution >= 0.6 is 11.8 Å². The van der Waals surface area contributed by atoms with E-state index in [1.54, 1.807) is 31.4 Å². The molecule has 0 amide bonds. The number of thioether (sulfide) groups is 1. The molecule has 2 rings (SSSR count). The number of ether oxygens (including phenoxy) is 2. The van der Waals surface area contributed by atoms with Crippen molar-refractivity contribution in [3.05, 3.63) is 34.7 Å². The molecule has 22 heavy (non-hydrogen) atoms. The van der Waals surface area contributed by atoms with Crippen LogP contribution in [0.3, 0.4) is 0 Å². The van der Waals surface area contributed by atoms with Crippen molar-refractivity contribution in [2.24, 2.45) is 5.11 Å². The van der Waals surface area contributed by atoms with Gasteiger partial charge in [-0.2, -0.15) is 0 Å². The van der Waals surface area contributed by atoms with Crippen molar-refractivity contribution in [2.45, 2.75) is 34.7 Å². The molecule has 1 saturated heterocycles. The number of hydrogen-bond donors (Lipinski definition) is 3. The molecule has 120 valence electrons. The molecular weight excluding hydrogens is 310 g/mol. The lowest BCUT2D eigenvalue weighted by Crippen LogP contribution is -2.56. The van der Waals surface area contributed by atoms with Crippen LogP contribution in [0.25, 0.3) is 10.4 Å². The van der Waals surface area contributed by atoms with E-state index >= 15 is 0 Å². The van der Waals surface area contributed by atoms with Crippen molar-refractivity contribution >= 4 is 11.8 Å². The molecule has 0 radical (unpaired) electrons.